The Labute approximate surface area is 148 Å². The number of rotatable bonds is 4. The molecule has 8 heteroatoms. The number of halogens is 1. The van der Waals surface area contributed by atoms with Gasteiger partial charge in [-0.3, -0.25) is 19.7 Å². The van der Waals surface area contributed by atoms with Gasteiger partial charge in [0.25, 0.3) is 11.6 Å². The quantitative estimate of drug-likeness (QED) is 0.672. The van der Waals surface area contributed by atoms with Crippen molar-refractivity contribution in [2.24, 2.45) is 0 Å². The van der Waals surface area contributed by atoms with E-state index in [1.54, 1.807) is 6.07 Å². The van der Waals surface area contributed by atoms with Crippen molar-refractivity contribution in [1.82, 2.24) is 5.32 Å². The van der Waals surface area contributed by atoms with Gasteiger partial charge < -0.3 is 10.2 Å². The molecule has 1 aliphatic heterocycles. The molecule has 2 aromatic rings. The molecule has 1 saturated heterocycles. The highest BCUT2D eigenvalue weighted by Crippen LogP contribution is 2.24. The Hall–Kier alpha value is -3.29. The minimum Gasteiger partial charge on any atom is -0.347 e. The molecule has 0 spiro atoms. The maximum atomic E-state index is 13.4. The third-order valence-electron chi connectivity index (χ3n) is 4.33. The molecule has 3 rings (SSSR count). The summed E-state index contributed by atoms with van der Waals surface area (Å²) in [6, 6.07) is 9.49. The molecule has 1 heterocycles. The summed E-state index contributed by atoms with van der Waals surface area (Å²) in [6.45, 7) is 1.72. The number of nitrogens with zero attached hydrogens (tertiary/aromatic N) is 2. The molecular formula is C18H16FN3O4. The number of hydrogen-bond donors (Lipinski definition) is 1. The number of nitro groups is 1. The summed E-state index contributed by atoms with van der Waals surface area (Å²) in [5.74, 6) is -1.16. The van der Waals surface area contributed by atoms with Crippen LogP contribution in [0, 0.1) is 22.9 Å². The number of nitrogens with one attached hydrogen (secondary N) is 1. The van der Waals surface area contributed by atoms with Gasteiger partial charge in [-0.25, -0.2) is 4.39 Å². The lowest BCUT2D eigenvalue weighted by atomic mass is 10.1. The lowest BCUT2D eigenvalue weighted by Crippen LogP contribution is -2.37. The van der Waals surface area contributed by atoms with Gasteiger partial charge in [0.15, 0.2) is 0 Å². The molecule has 1 aliphatic rings. The third-order valence-corrected chi connectivity index (χ3v) is 4.33. The molecule has 1 N–H and O–H groups in total. The number of nitro benzene ring substituents is 1. The van der Waals surface area contributed by atoms with Crippen LogP contribution in [-0.2, 0) is 4.79 Å². The molecule has 1 fully saturated rings. The van der Waals surface area contributed by atoms with E-state index in [2.05, 4.69) is 5.32 Å². The number of hydrogen-bond acceptors (Lipinski definition) is 4. The van der Waals surface area contributed by atoms with E-state index in [1.807, 2.05) is 0 Å². The first-order chi connectivity index (χ1) is 12.4. The third kappa shape index (κ3) is 3.39. The molecule has 2 amide bonds. The van der Waals surface area contributed by atoms with Crippen LogP contribution >= 0.6 is 0 Å². The maximum absolute atomic E-state index is 13.4. The molecule has 134 valence electrons. The summed E-state index contributed by atoms with van der Waals surface area (Å²) in [5.41, 5.74) is 0.747. The van der Waals surface area contributed by atoms with Crippen LogP contribution in [0.25, 0.3) is 0 Å². The average molecular weight is 357 g/mol. The number of anilines is 1. The van der Waals surface area contributed by atoms with Gasteiger partial charge >= 0.3 is 0 Å². The Kier molecular flexibility index (Phi) is 4.66. The number of carbonyl (C=O) groups excluding carboxylic acids is 2. The highest BCUT2D eigenvalue weighted by Gasteiger charge is 2.32. The predicted molar refractivity (Wildman–Crippen MR) is 92.5 cm³/mol. The zero-order valence-electron chi connectivity index (χ0n) is 13.9. The van der Waals surface area contributed by atoms with Crippen LogP contribution in [0.4, 0.5) is 15.8 Å². The first-order valence-corrected chi connectivity index (χ1v) is 7.97. The normalized spacial score (nSPS) is 16.6. The smallest absolute Gasteiger partial charge is 0.273 e. The molecular weight excluding hydrogens is 341 g/mol. The summed E-state index contributed by atoms with van der Waals surface area (Å²) >= 11 is 0. The van der Waals surface area contributed by atoms with Crippen molar-refractivity contribution in [3.05, 3.63) is 69.5 Å². The molecule has 0 saturated carbocycles. The van der Waals surface area contributed by atoms with Crippen LogP contribution in [0.1, 0.15) is 22.3 Å². The molecule has 0 unspecified atom stereocenters. The number of carbonyl (C=O) groups is 2. The predicted octanol–water partition coefficient (Wildman–Crippen LogP) is 2.58. The summed E-state index contributed by atoms with van der Waals surface area (Å²) in [4.78, 5) is 36.5. The zero-order chi connectivity index (χ0) is 18.8. The van der Waals surface area contributed by atoms with Crippen LogP contribution < -0.4 is 10.2 Å². The SMILES string of the molecule is Cc1c(C(=O)N[C@@H]2CC(=O)N(c3cccc(F)c3)C2)cccc1[N+](=O)[O-]. The second kappa shape index (κ2) is 6.91. The summed E-state index contributed by atoms with van der Waals surface area (Å²) in [5, 5.41) is 13.7. The van der Waals surface area contributed by atoms with E-state index >= 15 is 0 Å². The Morgan fingerprint density at radius 1 is 1.31 bits per heavy atom. The standard InChI is InChI=1S/C18H16FN3O4/c1-11-15(6-3-7-16(11)22(25)26)18(24)20-13-9-17(23)21(10-13)14-5-2-4-12(19)8-14/h2-8,13H,9-10H2,1H3,(H,20,24)/t13-/m1/s1. The van der Waals surface area contributed by atoms with Crippen LogP contribution in [0.15, 0.2) is 42.5 Å². The maximum Gasteiger partial charge on any atom is 0.273 e. The van der Waals surface area contributed by atoms with E-state index in [-0.39, 0.29) is 35.7 Å². The molecule has 0 aliphatic carbocycles. The van der Waals surface area contributed by atoms with Crippen LogP contribution in [0.2, 0.25) is 0 Å². The highest BCUT2D eigenvalue weighted by atomic mass is 19.1. The summed E-state index contributed by atoms with van der Waals surface area (Å²) < 4.78 is 13.4. The van der Waals surface area contributed by atoms with Crippen molar-refractivity contribution >= 4 is 23.2 Å². The van der Waals surface area contributed by atoms with Crippen molar-refractivity contribution in [2.75, 3.05) is 11.4 Å². The van der Waals surface area contributed by atoms with E-state index in [4.69, 9.17) is 0 Å². The first-order valence-electron chi connectivity index (χ1n) is 7.97. The Bertz CT molecular complexity index is 900. The minimum absolute atomic E-state index is 0.0796. The van der Waals surface area contributed by atoms with Crippen molar-refractivity contribution in [2.45, 2.75) is 19.4 Å². The van der Waals surface area contributed by atoms with E-state index in [9.17, 15) is 24.1 Å². The molecule has 26 heavy (non-hydrogen) atoms. The monoisotopic (exact) mass is 357 g/mol. The second-order valence-electron chi connectivity index (χ2n) is 6.07. The number of amides is 2. The van der Waals surface area contributed by atoms with Gasteiger partial charge in [0, 0.05) is 35.8 Å². The average Bonchev–Trinajstić information content (AvgIpc) is 2.95. The fourth-order valence-electron chi connectivity index (χ4n) is 3.03. The number of benzene rings is 2. The van der Waals surface area contributed by atoms with Crippen molar-refractivity contribution in [3.63, 3.8) is 0 Å². The molecule has 1 atom stereocenters. The lowest BCUT2D eigenvalue weighted by molar-refractivity contribution is -0.385. The molecule has 0 aromatic heterocycles. The fraction of sp³-hybridized carbons (Fsp3) is 0.222. The van der Waals surface area contributed by atoms with Crippen LogP contribution in [-0.4, -0.2) is 29.3 Å². The topological polar surface area (TPSA) is 92.6 Å². The van der Waals surface area contributed by atoms with Gasteiger partial charge in [0.1, 0.15) is 5.82 Å². The lowest BCUT2D eigenvalue weighted by Gasteiger charge is -2.17. The minimum atomic E-state index is -0.545. The highest BCUT2D eigenvalue weighted by molar-refractivity contribution is 5.99. The molecule has 2 aromatic carbocycles. The van der Waals surface area contributed by atoms with Crippen LogP contribution in [0.5, 0.6) is 0 Å². The Balaban J connectivity index is 1.74. The van der Waals surface area contributed by atoms with Gasteiger partial charge in [-0.1, -0.05) is 12.1 Å². The zero-order valence-corrected chi connectivity index (χ0v) is 13.9. The van der Waals surface area contributed by atoms with Crippen molar-refractivity contribution in [3.8, 4) is 0 Å². The second-order valence-corrected chi connectivity index (χ2v) is 6.07. The van der Waals surface area contributed by atoms with Crippen molar-refractivity contribution in [1.29, 1.82) is 0 Å². The van der Waals surface area contributed by atoms with Crippen molar-refractivity contribution < 1.29 is 18.9 Å². The molecule has 7 nitrogen and oxygen atoms in total. The molecule has 0 radical (unpaired) electrons. The van der Waals surface area contributed by atoms with E-state index < -0.39 is 22.7 Å². The largest absolute Gasteiger partial charge is 0.347 e. The summed E-state index contributed by atoms with van der Waals surface area (Å²) in [7, 11) is 0. The Morgan fingerprint density at radius 3 is 2.73 bits per heavy atom. The van der Waals surface area contributed by atoms with E-state index in [1.165, 1.54) is 48.2 Å². The van der Waals surface area contributed by atoms with Gasteiger partial charge in [-0.15, -0.1) is 0 Å². The van der Waals surface area contributed by atoms with Crippen LogP contribution in [0.3, 0.4) is 0 Å². The van der Waals surface area contributed by atoms with Gasteiger partial charge in [0.05, 0.1) is 11.0 Å². The Morgan fingerprint density at radius 2 is 2.04 bits per heavy atom. The van der Waals surface area contributed by atoms with Gasteiger partial charge in [0.2, 0.25) is 5.91 Å². The fourth-order valence-corrected chi connectivity index (χ4v) is 3.03. The summed E-state index contributed by atoms with van der Waals surface area (Å²) in [6.07, 6.45) is 0.0796. The van der Waals surface area contributed by atoms with Gasteiger partial charge in [-0.2, -0.15) is 0 Å². The first kappa shape index (κ1) is 17.5. The van der Waals surface area contributed by atoms with E-state index in [0.29, 0.717) is 5.69 Å². The molecule has 0 bridgehead atoms. The van der Waals surface area contributed by atoms with E-state index in [0.717, 1.165) is 0 Å². The van der Waals surface area contributed by atoms with Gasteiger partial charge in [-0.05, 0) is 31.2 Å².